The highest BCUT2D eigenvalue weighted by atomic mass is 32.2. The Balaban J connectivity index is 2.25. The van der Waals surface area contributed by atoms with Gasteiger partial charge in [-0.25, -0.2) is 0 Å². The number of ketones is 2. The topological polar surface area (TPSA) is 34.1 Å². The number of carbonyl (C=O) groups excluding carboxylic acids is 2. The van der Waals surface area contributed by atoms with E-state index in [1.807, 2.05) is 20.8 Å². The Labute approximate surface area is 138 Å². The fourth-order valence-electron chi connectivity index (χ4n) is 3.76. The fourth-order valence-corrected chi connectivity index (χ4v) is 4.22. The second kappa shape index (κ2) is 6.99. The Morgan fingerprint density at radius 3 is 2.05 bits per heavy atom. The van der Waals surface area contributed by atoms with E-state index in [1.165, 1.54) is 5.56 Å². The van der Waals surface area contributed by atoms with Gasteiger partial charge in [-0.05, 0) is 56.1 Å². The monoisotopic (exact) mass is 318 g/mol. The summed E-state index contributed by atoms with van der Waals surface area (Å²) in [5, 5.41) is 0.505. The fraction of sp³-hybridized carbons (Fsp3) is 0.579. The van der Waals surface area contributed by atoms with Crippen molar-refractivity contribution >= 4 is 23.3 Å². The van der Waals surface area contributed by atoms with Crippen molar-refractivity contribution in [1.29, 1.82) is 0 Å². The average molecular weight is 318 g/mol. The van der Waals surface area contributed by atoms with Gasteiger partial charge < -0.3 is 0 Å². The van der Waals surface area contributed by atoms with Crippen LogP contribution in [0.4, 0.5) is 0 Å². The highest BCUT2D eigenvalue weighted by molar-refractivity contribution is 7.99. The average Bonchev–Trinajstić information content (AvgIpc) is 2.40. The second-order valence-corrected chi connectivity index (χ2v) is 8.01. The van der Waals surface area contributed by atoms with Crippen LogP contribution in [0, 0.1) is 26.7 Å². The van der Waals surface area contributed by atoms with Crippen molar-refractivity contribution in [2.24, 2.45) is 5.92 Å². The number of rotatable bonds is 4. The molecule has 22 heavy (non-hydrogen) atoms. The molecule has 1 aliphatic rings. The molecule has 1 saturated carbocycles. The predicted octanol–water partition coefficient (Wildman–Crippen LogP) is 4.39. The van der Waals surface area contributed by atoms with Gasteiger partial charge in [-0.1, -0.05) is 24.6 Å². The molecule has 0 radical (unpaired) electrons. The predicted molar refractivity (Wildman–Crippen MR) is 93.7 cm³/mol. The molecule has 0 bridgehead atoms. The van der Waals surface area contributed by atoms with Crippen LogP contribution in [-0.4, -0.2) is 23.1 Å². The Hall–Kier alpha value is -1.09. The van der Waals surface area contributed by atoms with E-state index in [4.69, 9.17) is 0 Å². The number of Topliss-reactive ketones (excluding diaryl/α,β-unsaturated/α-hetero) is 2. The maximum absolute atomic E-state index is 12.6. The number of aryl methyl sites for hydroxylation is 3. The zero-order valence-corrected chi connectivity index (χ0v) is 15.0. The van der Waals surface area contributed by atoms with E-state index >= 15 is 0 Å². The van der Waals surface area contributed by atoms with Crippen LogP contribution in [0.3, 0.4) is 0 Å². The maximum Gasteiger partial charge on any atom is 0.148 e. The van der Waals surface area contributed by atoms with Crippen molar-refractivity contribution in [1.82, 2.24) is 0 Å². The summed E-state index contributed by atoms with van der Waals surface area (Å²) in [6, 6.07) is 4.15. The van der Waals surface area contributed by atoms with Gasteiger partial charge in [0.2, 0.25) is 0 Å². The number of hydrogen-bond donors (Lipinski definition) is 0. The lowest BCUT2D eigenvalue weighted by molar-refractivity contribution is -0.133. The van der Waals surface area contributed by atoms with E-state index < -0.39 is 5.92 Å². The normalized spacial score (nSPS) is 23.7. The third-order valence-corrected chi connectivity index (χ3v) is 5.72. The number of carbonyl (C=O) groups is 2. The van der Waals surface area contributed by atoms with Crippen LogP contribution in [0.1, 0.15) is 54.4 Å². The minimum absolute atomic E-state index is 0.115. The third-order valence-electron chi connectivity index (χ3n) is 4.72. The molecular formula is C19H26O2S. The Bertz CT molecular complexity index is 550. The first-order valence-corrected chi connectivity index (χ1v) is 9.28. The molecule has 1 aliphatic carbocycles. The molecule has 0 saturated heterocycles. The first-order chi connectivity index (χ1) is 10.3. The molecule has 1 fully saturated rings. The zero-order chi connectivity index (χ0) is 16.4. The number of benzene rings is 1. The van der Waals surface area contributed by atoms with Gasteiger partial charge in [0, 0.05) is 18.1 Å². The van der Waals surface area contributed by atoms with Gasteiger partial charge in [-0.2, -0.15) is 11.8 Å². The van der Waals surface area contributed by atoms with E-state index in [-0.39, 0.29) is 17.5 Å². The minimum atomic E-state index is -0.526. The molecule has 2 rings (SSSR count). The summed E-state index contributed by atoms with van der Waals surface area (Å²) in [7, 11) is 0. The van der Waals surface area contributed by atoms with Gasteiger partial charge in [0.25, 0.3) is 0 Å². The van der Waals surface area contributed by atoms with Gasteiger partial charge in [0.05, 0.1) is 0 Å². The van der Waals surface area contributed by atoms with Gasteiger partial charge in [0.1, 0.15) is 17.5 Å². The summed E-state index contributed by atoms with van der Waals surface area (Å²) < 4.78 is 0. The van der Waals surface area contributed by atoms with Crippen molar-refractivity contribution in [3.8, 4) is 0 Å². The van der Waals surface area contributed by atoms with E-state index in [0.717, 1.165) is 23.1 Å². The lowest BCUT2D eigenvalue weighted by Gasteiger charge is -2.29. The lowest BCUT2D eigenvalue weighted by Crippen LogP contribution is -2.33. The smallest absolute Gasteiger partial charge is 0.148 e. The van der Waals surface area contributed by atoms with Gasteiger partial charge in [0.15, 0.2) is 0 Å². The quantitative estimate of drug-likeness (QED) is 0.772. The minimum Gasteiger partial charge on any atom is -0.299 e. The first kappa shape index (κ1) is 17.3. The van der Waals surface area contributed by atoms with Crippen LogP contribution in [0.5, 0.6) is 0 Å². The van der Waals surface area contributed by atoms with Crippen LogP contribution in [-0.2, 0) is 9.59 Å². The zero-order valence-electron chi connectivity index (χ0n) is 14.2. The molecule has 120 valence electrons. The lowest BCUT2D eigenvalue weighted by atomic mass is 9.73. The Morgan fingerprint density at radius 1 is 1.09 bits per heavy atom. The molecular weight excluding hydrogens is 292 g/mol. The van der Waals surface area contributed by atoms with Crippen LogP contribution >= 0.6 is 11.8 Å². The van der Waals surface area contributed by atoms with Crippen LogP contribution in [0.25, 0.3) is 0 Å². The summed E-state index contributed by atoms with van der Waals surface area (Å²) >= 11 is 1.80. The molecule has 1 unspecified atom stereocenters. The first-order valence-electron chi connectivity index (χ1n) is 7.99. The summed E-state index contributed by atoms with van der Waals surface area (Å²) in [4.78, 5) is 25.3. The van der Waals surface area contributed by atoms with Crippen LogP contribution in [0.2, 0.25) is 0 Å². The molecule has 1 aromatic rings. The highest BCUT2D eigenvalue weighted by Crippen LogP contribution is 2.36. The van der Waals surface area contributed by atoms with Crippen LogP contribution < -0.4 is 0 Å². The second-order valence-electron chi connectivity index (χ2n) is 6.73. The molecule has 0 amide bonds. The summed E-state index contributed by atoms with van der Waals surface area (Å²) in [6.07, 6.45) is 4.14. The van der Waals surface area contributed by atoms with Crippen molar-refractivity contribution in [2.45, 2.75) is 58.1 Å². The summed E-state index contributed by atoms with van der Waals surface area (Å²) in [5.74, 6) is -0.0691. The largest absolute Gasteiger partial charge is 0.299 e. The molecule has 0 aliphatic heterocycles. The van der Waals surface area contributed by atoms with Crippen molar-refractivity contribution in [3.05, 3.63) is 34.4 Å². The molecule has 0 aromatic heterocycles. The molecule has 0 N–H and O–H groups in total. The van der Waals surface area contributed by atoms with Gasteiger partial charge in [-0.3, -0.25) is 9.59 Å². The van der Waals surface area contributed by atoms with Crippen molar-refractivity contribution < 1.29 is 9.59 Å². The molecule has 0 spiro atoms. The Kier molecular flexibility index (Phi) is 5.49. The van der Waals surface area contributed by atoms with Gasteiger partial charge in [-0.15, -0.1) is 0 Å². The molecule has 3 heteroatoms. The standard InChI is InChI=1S/C19H26O2S/c1-11-6-12(2)18(13(3)7-11)19-16(20)9-15(10-17(19)21)8-14(4)22-5/h6-7,14-15,19H,8-10H2,1-5H3. The molecule has 1 aromatic carbocycles. The van der Waals surface area contributed by atoms with Crippen molar-refractivity contribution in [2.75, 3.05) is 6.26 Å². The van der Waals surface area contributed by atoms with Gasteiger partial charge >= 0.3 is 0 Å². The van der Waals surface area contributed by atoms with E-state index in [2.05, 4.69) is 25.3 Å². The molecule has 0 heterocycles. The van der Waals surface area contributed by atoms with Crippen LogP contribution in [0.15, 0.2) is 12.1 Å². The Morgan fingerprint density at radius 2 is 1.59 bits per heavy atom. The maximum atomic E-state index is 12.6. The van der Waals surface area contributed by atoms with E-state index in [0.29, 0.717) is 18.1 Å². The highest BCUT2D eigenvalue weighted by Gasteiger charge is 2.38. The number of hydrogen-bond acceptors (Lipinski definition) is 3. The number of thioether (sulfide) groups is 1. The third kappa shape index (κ3) is 3.62. The molecule has 2 nitrogen and oxygen atoms in total. The van der Waals surface area contributed by atoms with E-state index in [9.17, 15) is 9.59 Å². The van der Waals surface area contributed by atoms with E-state index in [1.54, 1.807) is 11.8 Å². The SMILES string of the molecule is CSC(C)CC1CC(=O)C(c2c(C)cc(C)cc2C)C(=O)C1. The molecule has 1 atom stereocenters. The summed E-state index contributed by atoms with van der Waals surface area (Å²) in [5.41, 5.74) is 4.28. The van der Waals surface area contributed by atoms with Crippen molar-refractivity contribution in [3.63, 3.8) is 0 Å². The summed E-state index contributed by atoms with van der Waals surface area (Å²) in [6.45, 7) is 8.24.